The maximum absolute atomic E-state index is 10.6. The SMILES string of the molecule is O=Cc1cnc(-c2coc3ccccc23)s1. The first-order valence-electron chi connectivity index (χ1n) is 4.76. The fraction of sp³-hybridized carbons (Fsp3) is 0. The van der Waals surface area contributed by atoms with Gasteiger partial charge in [-0.3, -0.25) is 4.79 Å². The summed E-state index contributed by atoms with van der Waals surface area (Å²) >= 11 is 1.37. The Morgan fingerprint density at radius 1 is 1.31 bits per heavy atom. The average Bonchev–Trinajstić information content (AvgIpc) is 2.94. The maximum atomic E-state index is 10.6. The predicted molar refractivity (Wildman–Crippen MR) is 62.7 cm³/mol. The quantitative estimate of drug-likeness (QED) is 0.633. The van der Waals surface area contributed by atoms with Gasteiger partial charge in [0.15, 0.2) is 6.29 Å². The number of fused-ring (bicyclic) bond motifs is 1. The van der Waals surface area contributed by atoms with E-state index in [-0.39, 0.29) is 0 Å². The van der Waals surface area contributed by atoms with Crippen LogP contribution in [0.25, 0.3) is 21.5 Å². The number of para-hydroxylation sites is 1. The predicted octanol–water partition coefficient (Wildman–Crippen LogP) is 3.37. The molecule has 2 heterocycles. The van der Waals surface area contributed by atoms with Crippen molar-refractivity contribution in [3.8, 4) is 10.6 Å². The lowest BCUT2D eigenvalue weighted by Crippen LogP contribution is -1.70. The Morgan fingerprint density at radius 3 is 3.00 bits per heavy atom. The molecular weight excluding hydrogens is 222 g/mol. The molecule has 3 rings (SSSR count). The molecule has 0 fully saturated rings. The number of furan rings is 1. The molecule has 4 heteroatoms. The van der Waals surface area contributed by atoms with Crippen molar-refractivity contribution in [2.45, 2.75) is 0 Å². The number of carbonyl (C=O) groups is 1. The first kappa shape index (κ1) is 9.30. The van der Waals surface area contributed by atoms with Gasteiger partial charge in [0.05, 0.1) is 10.4 Å². The van der Waals surface area contributed by atoms with Crippen LogP contribution in [0.3, 0.4) is 0 Å². The molecule has 78 valence electrons. The zero-order chi connectivity index (χ0) is 11.0. The van der Waals surface area contributed by atoms with E-state index in [0.717, 1.165) is 27.8 Å². The zero-order valence-corrected chi connectivity index (χ0v) is 9.03. The highest BCUT2D eigenvalue weighted by atomic mass is 32.1. The Labute approximate surface area is 95.4 Å². The number of thiazole rings is 1. The molecule has 0 amide bonds. The molecule has 0 bridgehead atoms. The van der Waals surface area contributed by atoms with Gasteiger partial charge in [-0.15, -0.1) is 11.3 Å². The summed E-state index contributed by atoms with van der Waals surface area (Å²) < 4.78 is 5.42. The molecular formula is C12H7NO2S. The van der Waals surface area contributed by atoms with Crippen molar-refractivity contribution >= 4 is 28.6 Å². The van der Waals surface area contributed by atoms with Gasteiger partial charge < -0.3 is 4.42 Å². The lowest BCUT2D eigenvalue weighted by molar-refractivity contribution is 0.112. The Balaban J connectivity index is 2.21. The highest BCUT2D eigenvalue weighted by Crippen LogP contribution is 2.32. The van der Waals surface area contributed by atoms with Gasteiger partial charge in [-0.2, -0.15) is 0 Å². The van der Waals surface area contributed by atoms with Crippen molar-refractivity contribution in [1.82, 2.24) is 4.98 Å². The zero-order valence-electron chi connectivity index (χ0n) is 8.21. The van der Waals surface area contributed by atoms with Crippen LogP contribution >= 0.6 is 11.3 Å². The van der Waals surface area contributed by atoms with Crippen LogP contribution in [0.4, 0.5) is 0 Å². The van der Waals surface area contributed by atoms with Gasteiger partial charge in [0.1, 0.15) is 16.9 Å². The summed E-state index contributed by atoms with van der Waals surface area (Å²) in [6.07, 6.45) is 4.07. The fourth-order valence-corrected chi connectivity index (χ4v) is 2.36. The third-order valence-corrected chi connectivity index (χ3v) is 3.31. The van der Waals surface area contributed by atoms with E-state index in [1.165, 1.54) is 11.3 Å². The second-order valence-corrected chi connectivity index (χ2v) is 4.39. The van der Waals surface area contributed by atoms with Crippen LogP contribution in [-0.2, 0) is 0 Å². The molecule has 1 aromatic carbocycles. The molecule has 0 spiro atoms. The molecule has 2 aromatic heterocycles. The normalized spacial score (nSPS) is 10.8. The number of carbonyl (C=O) groups excluding carboxylic acids is 1. The van der Waals surface area contributed by atoms with E-state index in [0.29, 0.717) is 4.88 Å². The standard InChI is InChI=1S/C12H7NO2S/c14-6-8-5-13-12(16-8)10-7-15-11-4-2-1-3-9(10)11/h1-7H. The summed E-state index contributed by atoms with van der Waals surface area (Å²) in [6, 6.07) is 7.77. The minimum atomic E-state index is 0.625. The number of nitrogens with zero attached hydrogens (tertiary/aromatic N) is 1. The van der Waals surface area contributed by atoms with Gasteiger partial charge in [-0.25, -0.2) is 4.98 Å². The van der Waals surface area contributed by atoms with Gasteiger partial charge in [0, 0.05) is 11.6 Å². The molecule has 0 unspecified atom stereocenters. The first-order valence-corrected chi connectivity index (χ1v) is 5.58. The molecule has 0 radical (unpaired) electrons. The van der Waals surface area contributed by atoms with Crippen molar-refractivity contribution in [3.05, 3.63) is 41.6 Å². The summed E-state index contributed by atoms with van der Waals surface area (Å²) in [6.45, 7) is 0. The van der Waals surface area contributed by atoms with E-state index >= 15 is 0 Å². The van der Waals surface area contributed by atoms with Gasteiger partial charge in [-0.05, 0) is 6.07 Å². The van der Waals surface area contributed by atoms with E-state index in [4.69, 9.17) is 4.42 Å². The molecule has 3 aromatic rings. The van der Waals surface area contributed by atoms with Crippen molar-refractivity contribution in [3.63, 3.8) is 0 Å². The smallest absolute Gasteiger partial charge is 0.161 e. The molecule has 0 aliphatic heterocycles. The molecule has 3 nitrogen and oxygen atoms in total. The van der Waals surface area contributed by atoms with Crippen molar-refractivity contribution in [2.75, 3.05) is 0 Å². The number of aldehydes is 1. The molecule has 0 saturated carbocycles. The molecule has 16 heavy (non-hydrogen) atoms. The highest BCUT2D eigenvalue weighted by Gasteiger charge is 2.10. The Morgan fingerprint density at radius 2 is 2.19 bits per heavy atom. The lowest BCUT2D eigenvalue weighted by atomic mass is 10.2. The Kier molecular flexibility index (Phi) is 2.08. The van der Waals surface area contributed by atoms with Crippen molar-refractivity contribution < 1.29 is 9.21 Å². The summed E-state index contributed by atoms with van der Waals surface area (Å²) in [5.74, 6) is 0. The number of benzene rings is 1. The van der Waals surface area contributed by atoms with Crippen LogP contribution in [0.2, 0.25) is 0 Å². The van der Waals surface area contributed by atoms with Gasteiger partial charge >= 0.3 is 0 Å². The minimum absolute atomic E-state index is 0.625. The van der Waals surface area contributed by atoms with Crippen molar-refractivity contribution in [2.24, 2.45) is 0 Å². The number of aromatic nitrogens is 1. The van der Waals surface area contributed by atoms with Crippen LogP contribution in [0.15, 0.2) is 41.1 Å². The highest BCUT2D eigenvalue weighted by molar-refractivity contribution is 7.16. The Hall–Kier alpha value is -1.94. The van der Waals surface area contributed by atoms with Gasteiger partial charge in [0.25, 0.3) is 0 Å². The molecule has 0 N–H and O–H groups in total. The molecule has 0 aliphatic rings. The monoisotopic (exact) mass is 229 g/mol. The number of hydrogen-bond acceptors (Lipinski definition) is 4. The van der Waals surface area contributed by atoms with Crippen LogP contribution < -0.4 is 0 Å². The fourth-order valence-electron chi connectivity index (χ4n) is 1.61. The van der Waals surface area contributed by atoms with Crippen LogP contribution in [0, 0.1) is 0 Å². The first-order chi connectivity index (χ1) is 7.88. The Bertz CT molecular complexity index is 654. The third-order valence-electron chi connectivity index (χ3n) is 2.35. The summed E-state index contributed by atoms with van der Waals surface area (Å²) in [5.41, 5.74) is 1.77. The minimum Gasteiger partial charge on any atom is -0.464 e. The van der Waals surface area contributed by atoms with E-state index in [1.54, 1.807) is 12.5 Å². The maximum Gasteiger partial charge on any atom is 0.161 e. The second kappa shape index (κ2) is 3.57. The average molecular weight is 229 g/mol. The summed E-state index contributed by atoms with van der Waals surface area (Å²) in [7, 11) is 0. The van der Waals surface area contributed by atoms with Crippen molar-refractivity contribution in [1.29, 1.82) is 0 Å². The van der Waals surface area contributed by atoms with Crippen LogP contribution in [-0.4, -0.2) is 11.3 Å². The van der Waals surface area contributed by atoms with E-state index in [2.05, 4.69) is 4.98 Å². The van der Waals surface area contributed by atoms with Crippen LogP contribution in [0.1, 0.15) is 9.67 Å². The topological polar surface area (TPSA) is 43.1 Å². The third kappa shape index (κ3) is 1.35. The second-order valence-electron chi connectivity index (χ2n) is 3.33. The van der Waals surface area contributed by atoms with Gasteiger partial charge in [-0.1, -0.05) is 18.2 Å². The van der Waals surface area contributed by atoms with E-state index in [9.17, 15) is 4.79 Å². The molecule has 0 saturated heterocycles. The van der Waals surface area contributed by atoms with Gasteiger partial charge in [0.2, 0.25) is 0 Å². The number of rotatable bonds is 2. The molecule has 0 aliphatic carbocycles. The lowest BCUT2D eigenvalue weighted by Gasteiger charge is -1.90. The van der Waals surface area contributed by atoms with Crippen LogP contribution in [0.5, 0.6) is 0 Å². The summed E-state index contributed by atoms with van der Waals surface area (Å²) in [4.78, 5) is 15.4. The largest absolute Gasteiger partial charge is 0.464 e. The molecule has 0 atom stereocenters. The van der Waals surface area contributed by atoms with E-state index < -0.39 is 0 Å². The number of hydrogen-bond donors (Lipinski definition) is 0. The summed E-state index contributed by atoms with van der Waals surface area (Å²) in [5, 5.41) is 1.83. The van der Waals surface area contributed by atoms with E-state index in [1.807, 2.05) is 24.3 Å².